The number of aliphatic hydroxyl groups excluding tert-OH is 1. The molecule has 4 rings (SSSR count). The van der Waals surface area contributed by atoms with Crippen LogP contribution < -0.4 is 0 Å². The number of hydrogen-bond acceptors (Lipinski definition) is 2. The van der Waals surface area contributed by atoms with E-state index < -0.39 is 0 Å². The Morgan fingerprint density at radius 3 is 2.48 bits per heavy atom. The van der Waals surface area contributed by atoms with Crippen LogP contribution in [0.25, 0.3) is 0 Å². The number of allylic oxidation sites excluding steroid dienone is 1. The summed E-state index contributed by atoms with van der Waals surface area (Å²) in [6, 6.07) is 0. The van der Waals surface area contributed by atoms with Gasteiger partial charge in [-0.3, -0.25) is 4.79 Å². The van der Waals surface area contributed by atoms with Crippen LogP contribution in [0.4, 0.5) is 0 Å². The highest BCUT2D eigenvalue weighted by atomic mass is 16.3. The second-order valence-electron chi connectivity index (χ2n) is 8.61. The molecule has 0 heterocycles. The molecule has 2 nitrogen and oxygen atoms in total. The third kappa shape index (κ3) is 2.44. The van der Waals surface area contributed by atoms with Gasteiger partial charge in [0.1, 0.15) is 0 Å². The number of aliphatic hydroxyl groups is 1. The molecule has 0 amide bonds. The summed E-state index contributed by atoms with van der Waals surface area (Å²) >= 11 is 0. The summed E-state index contributed by atoms with van der Waals surface area (Å²) in [6.45, 7) is 8.76. The molecule has 0 aliphatic heterocycles. The van der Waals surface area contributed by atoms with Gasteiger partial charge in [-0.15, -0.1) is 0 Å². The first-order chi connectivity index (χ1) is 10.9. The van der Waals surface area contributed by atoms with Crippen molar-refractivity contribution >= 4 is 5.78 Å². The minimum absolute atomic E-state index is 0.0823. The number of carbonyl (C=O) groups excluding carboxylic acids is 1. The molecule has 4 aliphatic rings. The molecule has 3 fully saturated rings. The molecule has 2 heteroatoms. The van der Waals surface area contributed by atoms with Crippen LogP contribution in [-0.2, 0) is 4.79 Å². The number of carbonyl (C=O) groups is 1. The molecule has 4 aliphatic carbocycles. The number of hydrogen-bond donors (Lipinski definition) is 1. The lowest BCUT2D eigenvalue weighted by Gasteiger charge is -2.57. The van der Waals surface area contributed by atoms with E-state index in [0.717, 1.165) is 37.5 Å². The summed E-state index contributed by atoms with van der Waals surface area (Å²) in [4.78, 5) is 11.8. The van der Waals surface area contributed by atoms with Crippen molar-refractivity contribution in [2.24, 2.45) is 28.6 Å². The van der Waals surface area contributed by atoms with Crippen LogP contribution in [0.3, 0.4) is 0 Å². The third-order valence-electron chi connectivity index (χ3n) is 7.91. The number of rotatable bonds is 0. The van der Waals surface area contributed by atoms with Crippen molar-refractivity contribution in [2.45, 2.75) is 85.2 Å². The lowest BCUT2D eigenvalue weighted by Crippen LogP contribution is -2.51. The summed E-state index contributed by atoms with van der Waals surface area (Å²) < 4.78 is 0. The van der Waals surface area contributed by atoms with Gasteiger partial charge in [-0.2, -0.15) is 0 Å². The van der Waals surface area contributed by atoms with Crippen LogP contribution in [0.2, 0.25) is 0 Å². The second-order valence-corrected chi connectivity index (χ2v) is 8.61. The molecule has 3 saturated carbocycles. The molecule has 6 atom stereocenters. The molecule has 0 bridgehead atoms. The SMILES string of the molecule is CC.CC12CCC(=O)C=C1CCC1C2CCC2(C)C(O)CCC12. The van der Waals surface area contributed by atoms with Crippen LogP contribution in [0.5, 0.6) is 0 Å². The summed E-state index contributed by atoms with van der Waals surface area (Å²) in [6.07, 6.45) is 10.7. The Balaban J connectivity index is 0.000000753. The van der Waals surface area contributed by atoms with Gasteiger partial charge in [-0.1, -0.05) is 33.3 Å². The molecule has 0 saturated heterocycles. The van der Waals surface area contributed by atoms with E-state index in [0.29, 0.717) is 11.7 Å². The Labute approximate surface area is 141 Å². The highest BCUT2D eigenvalue weighted by Crippen LogP contribution is 2.65. The average Bonchev–Trinajstić information content (AvgIpc) is 2.86. The normalized spacial score (nSPS) is 48.4. The van der Waals surface area contributed by atoms with Crippen molar-refractivity contribution in [3.63, 3.8) is 0 Å². The van der Waals surface area contributed by atoms with E-state index in [1.807, 2.05) is 19.9 Å². The predicted octanol–water partition coefficient (Wildman–Crippen LogP) is 4.91. The van der Waals surface area contributed by atoms with Crippen molar-refractivity contribution in [3.8, 4) is 0 Å². The topological polar surface area (TPSA) is 37.3 Å². The van der Waals surface area contributed by atoms with Gasteiger partial charge in [0.2, 0.25) is 0 Å². The van der Waals surface area contributed by atoms with E-state index in [2.05, 4.69) is 13.8 Å². The van der Waals surface area contributed by atoms with E-state index >= 15 is 0 Å². The molecular weight excluding hydrogens is 284 g/mol. The van der Waals surface area contributed by atoms with E-state index in [9.17, 15) is 9.90 Å². The van der Waals surface area contributed by atoms with Crippen LogP contribution in [-0.4, -0.2) is 17.0 Å². The zero-order chi connectivity index (χ0) is 16.8. The summed E-state index contributed by atoms with van der Waals surface area (Å²) in [5, 5.41) is 10.4. The van der Waals surface area contributed by atoms with Gasteiger partial charge in [0.05, 0.1) is 6.10 Å². The average molecular weight is 319 g/mol. The first-order valence-electron chi connectivity index (χ1n) is 9.87. The Kier molecular flexibility index (Phi) is 4.50. The zero-order valence-corrected chi connectivity index (χ0v) is 15.4. The van der Waals surface area contributed by atoms with Crippen LogP contribution in [0.1, 0.15) is 79.1 Å². The van der Waals surface area contributed by atoms with Crippen molar-refractivity contribution in [1.29, 1.82) is 0 Å². The summed E-state index contributed by atoms with van der Waals surface area (Å²) in [7, 11) is 0. The Bertz CT molecular complexity index is 508. The molecular formula is C21H34O2. The lowest BCUT2D eigenvalue weighted by molar-refractivity contribution is -0.118. The van der Waals surface area contributed by atoms with E-state index in [4.69, 9.17) is 0 Å². The Morgan fingerprint density at radius 2 is 1.74 bits per heavy atom. The van der Waals surface area contributed by atoms with Gasteiger partial charge in [-0.05, 0) is 79.6 Å². The second kappa shape index (κ2) is 6.02. The van der Waals surface area contributed by atoms with Crippen molar-refractivity contribution < 1.29 is 9.90 Å². The molecule has 130 valence electrons. The van der Waals surface area contributed by atoms with Crippen LogP contribution in [0.15, 0.2) is 11.6 Å². The fourth-order valence-corrected chi connectivity index (χ4v) is 6.53. The van der Waals surface area contributed by atoms with Gasteiger partial charge in [0.25, 0.3) is 0 Å². The third-order valence-corrected chi connectivity index (χ3v) is 7.91. The highest BCUT2D eigenvalue weighted by molar-refractivity contribution is 5.91. The fraction of sp³-hybridized carbons (Fsp3) is 0.857. The van der Waals surface area contributed by atoms with Crippen molar-refractivity contribution in [3.05, 3.63) is 11.6 Å². The van der Waals surface area contributed by atoms with Crippen LogP contribution >= 0.6 is 0 Å². The first-order valence-corrected chi connectivity index (χ1v) is 9.87. The van der Waals surface area contributed by atoms with E-state index in [1.54, 1.807) is 0 Å². The molecule has 1 N–H and O–H groups in total. The van der Waals surface area contributed by atoms with Gasteiger partial charge in [0.15, 0.2) is 5.78 Å². The molecule has 0 radical (unpaired) electrons. The fourth-order valence-electron chi connectivity index (χ4n) is 6.53. The maximum Gasteiger partial charge on any atom is 0.155 e. The maximum atomic E-state index is 11.8. The molecule has 0 aromatic carbocycles. The summed E-state index contributed by atoms with van der Waals surface area (Å²) in [5.74, 6) is 2.57. The largest absolute Gasteiger partial charge is 0.393 e. The minimum Gasteiger partial charge on any atom is -0.393 e. The van der Waals surface area contributed by atoms with Crippen LogP contribution in [0, 0.1) is 28.6 Å². The van der Waals surface area contributed by atoms with Gasteiger partial charge < -0.3 is 5.11 Å². The lowest BCUT2D eigenvalue weighted by atomic mass is 9.47. The monoisotopic (exact) mass is 318 g/mol. The van der Waals surface area contributed by atoms with E-state index in [1.165, 1.54) is 31.3 Å². The smallest absolute Gasteiger partial charge is 0.155 e. The van der Waals surface area contributed by atoms with Crippen molar-refractivity contribution in [1.82, 2.24) is 0 Å². The molecule has 0 spiro atoms. The highest BCUT2D eigenvalue weighted by Gasteiger charge is 2.58. The summed E-state index contributed by atoms with van der Waals surface area (Å²) in [5.41, 5.74) is 1.89. The molecule has 23 heavy (non-hydrogen) atoms. The Morgan fingerprint density at radius 1 is 1.00 bits per heavy atom. The van der Waals surface area contributed by atoms with Gasteiger partial charge in [-0.25, -0.2) is 0 Å². The standard InChI is InChI=1S/C19H28O2.C2H6/c1-18-9-7-13(20)11-12(18)3-4-14-15-5-6-17(21)19(15,2)10-8-16(14)18;1-2/h11,14-17,21H,3-10H2,1-2H3;1-2H3. The zero-order valence-electron chi connectivity index (χ0n) is 15.4. The van der Waals surface area contributed by atoms with E-state index in [-0.39, 0.29) is 16.9 Å². The number of fused-ring (bicyclic) bond motifs is 5. The number of ketones is 1. The maximum absolute atomic E-state index is 11.8. The van der Waals surface area contributed by atoms with Gasteiger partial charge in [0, 0.05) is 6.42 Å². The van der Waals surface area contributed by atoms with Crippen molar-refractivity contribution in [2.75, 3.05) is 0 Å². The molecule has 0 aromatic heterocycles. The Hall–Kier alpha value is -0.630. The van der Waals surface area contributed by atoms with Gasteiger partial charge >= 0.3 is 0 Å². The quantitative estimate of drug-likeness (QED) is 0.689. The molecule has 6 unspecified atom stereocenters. The first kappa shape index (κ1) is 17.2. The predicted molar refractivity (Wildman–Crippen MR) is 94.1 cm³/mol. The molecule has 0 aromatic rings. The minimum atomic E-state index is -0.0823.